The number of carbonyl (C=O) groups excluding carboxylic acids is 2. The van der Waals surface area contributed by atoms with Crippen molar-refractivity contribution < 1.29 is 19.1 Å². The lowest BCUT2D eigenvalue weighted by Gasteiger charge is -2.07. The first kappa shape index (κ1) is 12.1. The summed E-state index contributed by atoms with van der Waals surface area (Å²) in [6.45, 7) is 1.92. The number of rotatable bonds is 4. The summed E-state index contributed by atoms with van der Waals surface area (Å²) in [6, 6.07) is 0. The maximum atomic E-state index is 11.7. The summed E-state index contributed by atoms with van der Waals surface area (Å²) in [6.07, 6.45) is 6.12. The van der Waals surface area contributed by atoms with Crippen LogP contribution in [-0.2, 0) is 14.3 Å². The third kappa shape index (κ3) is 3.00. The molecule has 0 saturated carbocycles. The van der Waals surface area contributed by atoms with Crippen LogP contribution in [0.5, 0.6) is 0 Å². The Morgan fingerprint density at radius 3 is 2.88 bits per heavy atom. The van der Waals surface area contributed by atoms with E-state index in [0.717, 1.165) is 0 Å². The average Bonchev–Trinajstić information content (AvgIpc) is 2.29. The molecular weight excluding hydrogens is 208 g/mol. The Morgan fingerprint density at radius 1 is 1.50 bits per heavy atom. The van der Waals surface area contributed by atoms with E-state index in [9.17, 15) is 9.59 Å². The van der Waals surface area contributed by atoms with Crippen LogP contribution in [0.15, 0.2) is 24.3 Å². The van der Waals surface area contributed by atoms with Crippen LogP contribution in [0.4, 0.5) is 0 Å². The molecule has 1 aliphatic rings. The van der Waals surface area contributed by atoms with Gasteiger partial charge in [-0.3, -0.25) is 9.59 Å². The predicted octanol–water partition coefficient (Wildman–Crippen LogP) is 0.922. The number of esters is 1. The van der Waals surface area contributed by atoms with Gasteiger partial charge >= 0.3 is 11.7 Å². The molecule has 0 aromatic carbocycles. The van der Waals surface area contributed by atoms with Crippen molar-refractivity contribution in [3.8, 4) is 0 Å². The standard InChI is InChI=1S/C11H12N2O3/c1-2-16-11(15)7-10(14)8-5-3-4-6-9(8)13-12/h3-6,8H,2,7H2,1H3. The Morgan fingerprint density at radius 2 is 2.25 bits per heavy atom. The highest BCUT2D eigenvalue weighted by atomic mass is 16.5. The minimum absolute atomic E-state index is 0.233. The number of nitrogens with zero attached hydrogens (tertiary/aromatic N) is 2. The number of carbonyl (C=O) groups is 2. The SMILES string of the molecule is CCOC(=O)CC(=O)C1C=CC=CC1=[N+]=[N-]. The van der Waals surface area contributed by atoms with Gasteiger partial charge in [-0.05, 0) is 6.92 Å². The lowest BCUT2D eigenvalue weighted by molar-refractivity contribution is -0.145. The quantitative estimate of drug-likeness (QED) is 0.306. The molecule has 0 aliphatic heterocycles. The molecular formula is C11H12N2O3. The third-order valence-electron chi connectivity index (χ3n) is 2.09. The minimum Gasteiger partial charge on any atom is -0.466 e. The van der Waals surface area contributed by atoms with Gasteiger partial charge in [0.15, 0.2) is 5.78 Å². The Bertz CT molecular complexity index is 403. The third-order valence-corrected chi connectivity index (χ3v) is 2.09. The monoisotopic (exact) mass is 220 g/mol. The van der Waals surface area contributed by atoms with Gasteiger partial charge in [-0.1, -0.05) is 18.2 Å². The molecule has 1 rings (SSSR count). The van der Waals surface area contributed by atoms with Crippen LogP contribution in [0.2, 0.25) is 0 Å². The molecule has 0 aromatic rings. The largest absolute Gasteiger partial charge is 0.466 e. The van der Waals surface area contributed by atoms with Crippen LogP contribution in [0.1, 0.15) is 13.3 Å². The summed E-state index contributed by atoms with van der Waals surface area (Å²) in [5, 5.41) is 0. The Hall–Kier alpha value is -2.00. The number of hydrogen-bond donors (Lipinski definition) is 0. The zero-order chi connectivity index (χ0) is 12.0. The van der Waals surface area contributed by atoms with Crippen LogP contribution in [0.3, 0.4) is 0 Å². The van der Waals surface area contributed by atoms with Crippen LogP contribution in [0.25, 0.3) is 5.53 Å². The van der Waals surface area contributed by atoms with Crippen molar-refractivity contribution in [2.75, 3.05) is 6.61 Å². The molecule has 0 saturated heterocycles. The fourth-order valence-electron chi connectivity index (χ4n) is 1.36. The average molecular weight is 220 g/mol. The number of hydrogen-bond acceptors (Lipinski definition) is 3. The summed E-state index contributed by atoms with van der Waals surface area (Å²) in [4.78, 5) is 25.8. The molecule has 0 radical (unpaired) electrons. The smallest absolute Gasteiger partial charge is 0.313 e. The highest BCUT2D eigenvalue weighted by molar-refractivity contribution is 6.13. The van der Waals surface area contributed by atoms with Gasteiger partial charge in [0.1, 0.15) is 12.3 Å². The van der Waals surface area contributed by atoms with Crippen molar-refractivity contribution in [2.45, 2.75) is 13.3 Å². The van der Waals surface area contributed by atoms with Crippen molar-refractivity contribution in [2.24, 2.45) is 5.92 Å². The van der Waals surface area contributed by atoms with Crippen molar-refractivity contribution in [1.29, 1.82) is 0 Å². The molecule has 0 spiro atoms. The van der Waals surface area contributed by atoms with Gasteiger partial charge in [-0.25, -0.2) is 0 Å². The van der Waals surface area contributed by atoms with Crippen molar-refractivity contribution in [3.63, 3.8) is 0 Å². The van der Waals surface area contributed by atoms with Gasteiger partial charge in [0.2, 0.25) is 0 Å². The highest BCUT2D eigenvalue weighted by Crippen LogP contribution is 2.11. The van der Waals surface area contributed by atoms with E-state index in [1.165, 1.54) is 6.08 Å². The molecule has 0 aromatic heterocycles. The molecule has 0 N–H and O–H groups in total. The topological polar surface area (TPSA) is 79.8 Å². The molecule has 0 bridgehead atoms. The lowest BCUT2D eigenvalue weighted by Crippen LogP contribution is -2.25. The van der Waals surface area contributed by atoms with E-state index < -0.39 is 11.9 Å². The maximum Gasteiger partial charge on any atom is 0.313 e. The Balaban J connectivity index is 2.67. The second-order valence-corrected chi connectivity index (χ2v) is 3.19. The molecule has 0 fully saturated rings. The molecule has 5 nitrogen and oxygen atoms in total. The first-order chi connectivity index (χ1) is 7.69. The Labute approximate surface area is 93.0 Å². The molecule has 1 atom stereocenters. The normalized spacial score (nSPS) is 18.1. The van der Waals surface area contributed by atoms with Crippen LogP contribution < -0.4 is 0 Å². The lowest BCUT2D eigenvalue weighted by atomic mass is 9.92. The fraction of sp³-hybridized carbons (Fsp3) is 0.364. The minimum atomic E-state index is -0.667. The molecule has 1 aliphatic carbocycles. The van der Waals surface area contributed by atoms with E-state index >= 15 is 0 Å². The second-order valence-electron chi connectivity index (χ2n) is 3.19. The summed E-state index contributed by atoms with van der Waals surface area (Å²) in [5.74, 6) is -1.57. The summed E-state index contributed by atoms with van der Waals surface area (Å²) < 4.78 is 4.67. The van der Waals surface area contributed by atoms with Crippen LogP contribution in [0, 0.1) is 5.92 Å². The molecule has 84 valence electrons. The van der Waals surface area contributed by atoms with Crippen LogP contribution >= 0.6 is 0 Å². The van der Waals surface area contributed by atoms with Gasteiger partial charge in [0, 0.05) is 6.08 Å². The highest BCUT2D eigenvalue weighted by Gasteiger charge is 2.29. The van der Waals surface area contributed by atoms with E-state index in [2.05, 4.69) is 9.53 Å². The van der Waals surface area contributed by atoms with Crippen LogP contribution in [-0.4, -0.2) is 28.9 Å². The molecule has 0 amide bonds. The van der Waals surface area contributed by atoms with Gasteiger partial charge in [0.05, 0.1) is 6.61 Å². The van der Waals surface area contributed by atoms with E-state index in [0.29, 0.717) is 0 Å². The Kier molecular flexibility index (Phi) is 4.36. The fourth-order valence-corrected chi connectivity index (χ4v) is 1.36. The first-order valence-electron chi connectivity index (χ1n) is 4.94. The first-order valence-corrected chi connectivity index (χ1v) is 4.94. The van der Waals surface area contributed by atoms with Crippen molar-refractivity contribution >= 4 is 17.5 Å². The molecule has 16 heavy (non-hydrogen) atoms. The second kappa shape index (κ2) is 5.78. The predicted molar refractivity (Wildman–Crippen MR) is 56.7 cm³/mol. The molecule has 1 unspecified atom stereocenters. The summed E-state index contributed by atoms with van der Waals surface area (Å²) in [7, 11) is 0. The van der Waals surface area contributed by atoms with E-state index in [4.69, 9.17) is 5.53 Å². The summed E-state index contributed by atoms with van der Waals surface area (Å²) >= 11 is 0. The zero-order valence-corrected chi connectivity index (χ0v) is 8.92. The maximum absolute atomic E-state index is 11.7. The molecule has 0 heterocycles. The number of Topliss-reactive ketones (excluding diaryl/α,β-unsaturated/α-hetero) is 1. The van der Waals surface area contributed by atoms with E-state index in [-0.39, 0.29) is 24.5 Å². The number of ketones is 1. The van der Waals surface area contributed by atoms with Gasteiger partial charge in [-0.2, -0.15) is 4.79 Å². The number of ether oxygens (including phenoxy) is 1. The van der Waals surface area contributed by atoms with Gasteiger partial charge < -0.3 is 10.3 Å². The molecule has 5 heteroatoms. The van der Waals surface area contributed by atoms with E-state index in [1.807, 2.05) is 0 Å². The van der Waals surface area contributed by atoms with E-state index in [1.54, 1.807) is 25.2 Å². The van der Waals surface area contributed by atoms with Gasteiger partial charge in [-0.15, -0.1) is 0 Å². The van der Waals surface area contributed by atoms with Crippen molar-refractivity contribution in [1.82, 2.24) is 0 Å². The van der Waals surface area contributed by atoms with Gasteiger partial charge in [0.25, 0.3) is 0 Å². The summed E-state index contributed by atoms with van der Waals surface area (Å²) in [5.41, 5.74) is 8.92. The number of allylic oxidation sites excluding steroid dienone is 4. The van der Waals surface area contributed by atoms with Crippen molar-refractivity contribution in [3.05, 3.63) is 29.8 Å². The zero-order valence-electron chi connectivity index (χ0n) is 8.92.